The van der Waals surface area contributed by atoms with Crippen molar-refractivity contribution in [2.45, 2.75) is 17.9 Å². The number of nitriles is 1. The molecule has 7 nitrogen and oxygen atoms in total. The predicted octanol–water partition coefficient (Wildman–Crippen LogP) is 1.80. The largest absolute Gasteiger partial charge is 0.492 e. The van der Waals surface area contributed by atoms with E-state index in [1.165, 1.54) is 22.6 Å². The van der Waals surface area contributed by atoms with E-state index in [0.717, 1.165) is 0 Å². The highest BCUT2D eigenvalue weighted by molar-refractivity contribution is 7.89. The van der Waals surface area contributed by atoms with Gasteiger partial charge in [-0.2, -0.15) is 9.57 Å². The number of rotatable bonds is 6. The molecule has 0 atom stereocenters. The number of benzene rings is 1. The average molecular weight is 359 g/mol. The lowest BCUT2D eigenvalue weighted by atomic mass is 10.2. The fourth-order valence-corrected chi connectivity index (χ4v) is 4.10. The Bertz CT molecular complexity index is 902. The zero-order chi connectivity index (χ0) is 17.9. The van der Waals surface area contributed by atoms with Gasteiger partial charge in [-0.25, -0.2) is 13.4 Å². The summed E-state index contributed by atoms with van der Waals surface area (Å²) in [4.78, 5) is 4.18. The molecule has 1 fully saturated rings. The molecule has 2 aromatic rings. The van der Waals surface area contributed by atoms with Crippen LogP contribution in [0.4, 0.5) is 0 Å². The highest BCUT2D eigenvalue weighted by atomic mass is 32.2. The second-order valence-electron chi connectivity index (χ2n) is 5.44. The van der Waals surface area contributed by atoms with Gasteiger partial charge in [0.2, 0.25) is 15.9 Å². The Hall–Kier alpha value is -2.63. The van der Waals surface area contributed by atoms with Gasteiger partial charge >= 0.3 is 0 Å². The van der Waals surface area contributed by atoms with Crippen LogP contribution in [0.2, 0.25) is 0 Å². The second kappa shape index (κ2) is 7.09. The molecule has 0 amide bonds. The van der Waals surface area contributed by atoms with Crippen molar-refractivity contribution in [2.24, 2.45) is 0 Å². The maximum atomic E-state index is 12.7. The molecule has 0 radical (unpaired) electrons. The molecule has 0 N–H and O–H groups in total. The highest BCUT2D eigenvalue weighted by Crippen LogP contribution is 2.30. The van der Waals surface area contributed by atoms with Gasteiger partial charge in [0.05, 0.1) is 31.3 Å². The molecular weight excluding hydrogens is 342 g/mol. The van der Waals surface area contributed by atoms with E-state index in [-0.39, 0.29) is 24.1 Å². The van der Waals surface area contributed by atoms with E-state index in [0.29, 0.717) is 23.8 Å². The topological polar surface area (TPSA) is 92.5 Å². The highest BCUT2D eigenvalue weighted by Gasteiger charge is 2.39. The summed E-state index contributed by atoms with van der Waals surface area (Å²) in [5.41, 5.74) is 0.444. The number of hydrogen-bond donors (Lipinski definition) is 0. The molecule has 0 aliphatic carbocycles. The fourth-order valence-electron chi connectivity index (χ4n) is 2.46. The van der Waals surface area contributed by atoms with Crippen LogP contribution in [0.15, 0.2) is 47.5 Å². The summed E-state index contributed by atoms with van der Waals surface area (Å²) in [6, 6.07) is 11.7. The molecule has 8 heteroatoms. The maximum absolute atomic E-state index is 12.7. The van der Waals surface area contributed by atoms with Gasteiger partial charge in [-0.3, -0.25) is 0 Å². The van der Waals surface area contributed by atoms with E-state index in [1.807, 2.05) is 6.07 Å². The van der Waals surface area contributed by atoms with E-state index in [1.54, 1.807) is 31.2 Å². The van der Waals surface area contributed by atoms with Crippen molar-refractivity contribution in [3.63, 3.8) is 0 Å². The number of sulfonamides is 1. The van der Waals surface area contributed by atoms with Gasteiger partial charge in [-0.1, -0.05) is 12.1 Å². The van der Waals surface area contributed by atoms with Crippen LogP contribution in [-0.4, -0.2) is 43.5 Å². The lowest BCUT2D eigenvalue weighted by molar-refractivity contribution is 0.0719. The number of aromatic nitrogens is 1. The van der Waals surface area contributed by atoms with Crippen LogP contribution in [0.3, 0.4) is 0 Å². The molecule has 1 aliphatic rings. The molecule has 1 aliphatic heterocycles. The van der Waals surface area contributed by atoms with Gasteiger partial charge in [-0.05, 0) is 25.1 Å². The van der Waals surface area contributed by atoms with Crippen LogP contribution in [0.25, 0.3) is 0 Å². The van der Waals surface area contributed by atoms with Crippen LogP contribution < -0.4 is 9.47 Å². The van der Waals surface area contributed by atoms with Crippen LogP contribution in [0.1, 0.15) is 12.5 Å². The smallest absolute Gasteiger partial charge is 0.247 e. The summed E-state index contributed by atoms with van der Waals surface area (Å²) in [5, 5.41) is 8.88. The van der Waals surface area contributed by atoms with Crippen molar-refractivity contribution < 1.29 is 17.9 Å². The molecule has 1 aromatic carbocycles. The minimum atomic E-state index is -3.64. The maximum Gasteiger partial charge on any atom is 0.247 e. The van der Waals surface area contributed by atoms with Crippen LogP contribution in [0.5, 0.6) is 11.6 Å². The minimum absolute atomic E-state index is 0.153. The van der Waals surface area contributed by atoms with Gasteiger partial charge in [-0.15, -0.1) is 0 Å². The zero-order valence-electron chi connectivity index (χ0n) is 13.6. The number of pyridine rings is 1. The van der Waals surface area contributed by atoms with Gasteiger partial charge in [0.15, 0.2) is 0 Å². The zero-order valence-corrected chi connectivity index (χ0v) is 14.4. The third-order valence-corrected chi connectivity index (χ3v) is 5.60. The van der Waals surface area contributed by atoms with E-state index in [4.69, 9.17) is 14.7 Å². The number of hydrogen-bond acceptors (Lipinski definition) is 6. The quantitative estimate of drug-likeness (QED) is 0.781. The molecule has 25 heavy (non-hydrogen) atoms. The van der Waals surface area contributed by atoms with Crippen molar-refractivity contribution in [1.29, 1.82) is 5.26 Å². The molecule has 0 spiro atoms. The van der Waals surface area contributed by atoms with Crippen molar-refractivity contribution in [1.82, 2.24) is 9.29 Å². The second-order valence-corrected chi connectivity index (χ2v) is 7.34. The van der Waals surface area contributed by atoms with Gasteiger partial charge < -0.3 is 9.47 Å². The molecule has 2 heterocycles. The van der Waals surface area contributed by atoms with E-state index < -0.39 is 10.0 Å². The molecule has 130 valence electrons. The lowest BCUT2D eigenvalue weighted by Gasteiger charge is -2.37. The molecule has 1 saturated heterocycles. The number of para-hydroxylation sites is 1. The minimum Gasteiger partial charge on any atom is -0.492 e. The van der Waals surface area contributed by atoms with E-state index in [2.05, 4.69) is 4.98 Å². The standard InChI is InChI=1S/C17H17N3O4S/c1-2-23-15-5-3-4-6-16(15)25(21,22)20-11-14(12-20)24-17-9-13(10-18)7-8-19-17/h3-9,14H,2,11-12H2,1H3. The Morgan fingerprint density at radius 1 is 1.32 bits per heavy atom. The molecule has 0 unspecified atom stereocenters. The Kier molecular flexibility index (Phi) is 4.88. The summed E-state index contributed by atoms with van der Waals surface area (Å²) >= 11 is 0. The first-order chi connectivity index (χ1) is 12.0. The van der Waals surface area contributed by atoms with Crippen molar-refractivity contribution in [3.8, 4) is 17.7 Å². The van der Waals surface area contributed by atoms with E-state index in [9.17, 15) is 8.42 Å². The van der Waals surface area contributed by atoms with E-state index >= 15 is 0 Å². The first-order valence-electron chi connectivity index (χ1n) is 7.79. The van der Waals surface area contributed by atoms with Gasteiger partial charge in [0.25, 0.3) is 0 Å². The summed E-state index contributed by atoms with van der Waals surface area (Å²) in [5.74, 6) is 0.661. The Morgan fingerprint density at radius 3 is 2.80 bits per heavy atom. The fraction of sp³-hybridized carbons (Fsp3) is 0.294. The van der Waals surface area contributed by atoms with Crippen molar-refractivity contribution >= 4 is 10.0 Å². The normalized spacial score (nSPS) is 15.2. The van der Waals surface area contributed by atoms with Gasteiger partial charge in [0.1, 0.15) is 16.7 Å². The van der Waals surface area contributed by atoms with Crippen LogP contribution in [-0.2, 0) is 10.0 Å². The van der Waals surface area contributed by atoms with Crippen LogP contribution in [0, 0.1) is 11.3 Å². The molecule has 0 saturated carbocycles. The molecule has 1 aromatic heterocycles. The first kappa shape index (κ1) is 17.2. The monoisotopic (exact) mass is 359 g/mol. The Labute approximate surface area is 146 Å². The van der Waals surface area contributed by atoms with Crippen molar-refractivity contribution in [2.75, 3.05) is 19.7 Å². The third-order valence-electron chi connectivity index (χ3n) is 3.73. The number of nitrogens with zero attached hydrogens (tertiary/aromatic N) is 3. The molecule has 0 bridgehead atoms. The molecular formula is C17H17N3O4S. The third kappa shape index (κ3) is 3.57. The number of ether oxygens (including phenoxy) is 2. The summed E-state index contributed by atoms with van der Waals surface area (Å²) in [7, 11) is -3.64. The average Bonchev–Trinajstić information content (AvgIpc) is 2.58. The summed E-state index contributed by atoms with van der Waals surface area (Å²) in [6.45, 7) is 2.64. The van der Waals surface area contributed by atoms with Crippen molar-refractivity contribution in [3.05, 3.63) is 48.2 Å². The first-order valence-corrected chi connectivity index (χ1v) is 9.23. The van der Waals surface area contributed by atoms with Crippen LogP contribution >= 0.6 is 0 Å². The van der Waals surface area contributed by atoms with Gasteiger partial charge in [0, 0.05) is 12.3 Å². The SMILES string of the molecule is CCOc1ccccc1S(=O)(=O)N1CC(Oc2cc(C#N)ccn2)C1. The molecule has 3 rings (SSSR count). The predicted molar refractivity (Wildman–Crippen MR) is 89.7 cm³/mol. The summed E-state index contributed by atoms with van der Waals surface area (Å²) in [6.07, 6.45) is 1.19. The lowest BCUT2D eigenvalue weighted by Crippen LogP contribution is -2.56. The Morgan fingerprint density at radius 2 is 2.08 bits per heavy atom. The summed E-state index contributed by atoms with van der Waals surface area (Å²) < 4.78 is 37.9. The Balaban J connectivity index is 1.68.